The third-order valence-corrected chi connectivity index (χ3v) is 7.96. The molecule has 4 rings (SSSR count). The van der Waals surface area contributed by atoms with Crippen LogP contribution in [0.2, 0.25) is 0 Å². The summed E-state index contributed by atoms with van der Waals surface area (Å²) in [5.74, 6) is -0.184. The van der Waals surface area contributed by atoms with Crippen LogP contribution in [0.3, 0.4) is 0 Å². The van der Waals surface area contributed by atoms with Crippen molar-refractivity contribution in [2.45, 2.75) is 21.5 Å². The number of alkyl halides is 1. The highest BCUT2D eigenvalue weighted by Crippen LogP contribution is 2.39. The van der Waals surface area contributed by atoms with Crippen LogP contribution in [-0.4, -0.2) is 39.7 Å². The lowest BCUT2D eigenvalue weighted by Gasteiger charge is -2.35. The second kappa shape index (κ2) is 10.3. The van der Waals surface area contributed by atoms with Gasteiger partial charge in [-0.2, -0.15) is 5.10 Å². The van der Waals surface area contributed by atoms with E-state index in [0.717, 1.165) is 27.0 Å². The topological polar surface area (TPSA) is 76.4 Å². The van der Waals surface area contributed by atoms with E-state index in [1.807, 2.05) is 55.6 Å². The van der Waals surface area contributed by atoms with Gasteiger partial charge in [0.2, 0.25) is 9.51 Å². The van der Waals surface area contributed by atoms with Crippen molar-refractivity contribution >= 4 is 51.2 Å². The van der Waals surface area contributed by atoms with E-state index in [4.69, 9.17) is 4.74 Å². The number of hydrogen-bond acceptors (Lipinski definition) is 5. The van der Waals surface area contributed by atoms with Gasteiger partial charge >= 0.3 is 0 Å². The van der Waals surface area contributed by atoms with Gasteiger partial charge in [-0.1, -0.05) is 12.1 Å². The average molecular weight is 591 g/mol. The standard InChI is InChI=1S/C25H23FIN3O3S/c1-16(29-24(32)15-31)25(27,18-3-10-22(34-2)11-4-18)33-21-9-12-23-17(13-21)14-28-30(23)20-7-5-19(26)6-8-20/h3-14,16,31H,15H2,1-2H3,(H,29,32)/t16-,25+/m0/s1. The van der Waals surface area contributed by atoms with Crippen LogP contribution < -0.4 is 10.1 Å². The molecule has 1 amide bonds. The average Bonchev–Trinajstić information content (AvgIpc) is 3.27. The largest absolute Gasteiger partial charge is 0.470 e. The molecule has 2 atom stereocenters. The van der Waals surface area contributed by atoms with Gasteiger partial charge in [0.15, 0.2) is 0 Å². The maximum absolute atomic E-state index is 13.3. The Balaban J connectivity index is 1.69. The molecule has 9 heteroatoms. The van der Waals surface area contributed by atoms with Crippen molar-refractivity contribution in [2.24, 2.45) is 0 Å². The minimum absolute atomic E-state index is 0.303. The SMILES string of the molecule is CSc1ccc([C@](I)(Oc2ccc3c(cnn3-c3ccc(F)cc3)c2)[C@H](C)NC(=O)CO)cc1. The van der Waals surface area contributed by atoms with Crippen LogP contribution >= 0.6 is 34.4 Å². The first kappa shape index (κ1) is 24.5. The lowest BCUT2D eigenvalue weighted by atomic mass is 10.0. The molecule has 0 bridgehead atoms. The smallest absolute Gasteiger partial charge is 0.246 e. The van der Waals surface area contributed by atoms with E-state index in [2.05, 4.69) is 33.0 Å². The van der Waals surface area contributed by atoms with Crippen LogP contribution in [0.4, 0.5) is 4.39 Å². The lowest BCUT2D eigenvalue weighted by molar-refractivity contribution is -0.125. The fourth-order valence-electron chi connectivity index (χ4n) is 3.63. The first-order valence-corrected chi connectivity index (χ1v) is 12.8. The minimum Gasteiger partial charge on any atom is -0.470 e. The molecular weight excluding hydrogens is 568 g/mol. The predicted molar refractivity (Wildman–Crippen MR) is 140 cm³/mol. The highest BCUT2D eigenvalue weighted by molar-refractivity contribution is 14.1. The number of ether oxygens (including phenoxy) is 1. The summed E-state index contributed by atoms with van der Waals surface area (Å²) in [6.07, 6.45) is 3.74. The molecule has 0 saturated carbocycles. The van der Waals surface area contributed by atoms with Crippen molar-refractivity contribution in [3.05, 3.63) is 84.3 Å². The maximum atomic E-state index is 13.3. The Kier molecular flexibility index (Phi) is 7.44. The number of carbonyl (C=O) groups excluding carboxylic acids is 1. The molecule has 6 nitrogen and oxygen atoms in total. The number of carbonyl (C=O) groups is 1. The molecule has 0 aliphatic carbocycles. The van der Waals surface area contributed by atoms with Crippen molar-refractivity contribution < 1.29 is 19.0 Å². The second-order valence-electron chi connectivity index (χ2n) is 7.68. The number of benzene rings is 3. The molecule has 1 aromatic heterocycles. The molecule has 34 heavy (non-hydrogen) atoms. The van der Waals surface area contributed by atoms with Gasteiger partial charge in [0, 0.05) is 15.8 Å². The van der Waals surface area contributed by atoms with Crippen LogP contribution in [0, 0.1) is 5.82 Å². The summed E-state index contributed by atoms with van der Waals surface area (Å²) < 4.78 is 20.6. The fraction of sp³-hybridized carbons (Fsp3) is 0.200. The molecule has 3 aromatic carbocycles. The summed E-state index contributed by atoms with van der Waals surface area (Å²) in [5.41, 5.74) is 2.48. The summed E-state index contributed by atoms with van der Waals surface area (Å²) in [6.45, 7) is 1.24. The van der Waals surface area contributed by atoms with E-state index >= 15 is 0 Å². The van der Waals surface area contributed by atoms with E-state index in [9.17, 15) is 14.3 Å². The molecule has 0 aliphatic heterocycles. The number of rotatable bonds is 8. The summed E-state index contributed by atoms with van der Waals surface area (Å²) >= 11 is 3.84. The Labute approximate surface area is 214 Å². The normalized spacial score (nSPS) is 13.9. The van der Waals surface area contributed by atoms with Crippen LogP contribution in [-0.2, 0) is 8.40 Å². The number of aliphatic hydroxyl groups excluding tert-OH is 1. The van der Waals surface area contributed by atoms with Crippen LogP contribution in [0.25, 0.3) is 16.6 Å². The third kappa shape index (κ3) is 5.06. The van der Waals surface area contributed by atoms with Crippen molar-refractivity contribution in [3.63, 3.8) is 0 Å². The number of hydrogen-bond donors (Lipinski definition) is 2. The Morgan fingerprint density at radius 2 is 1.91 bits per heavy atom. The number of halogens is 2. The van der Waals surface area contributed by atoms with E-state index in [1.54, 1.807) is 34.8 Å². The maximum Gasteiger partial charge on any atom is 0.246 e. The van der Waals surface area contributed by atoms with E-state index < -0.39 is 22.2 Å². The van der Waals surface area contributed by atoms with Crippen molar-refractivity contribution in [3.8, 4) is 11.4 Å². The van der Waals surface area contributed by atoms with Crippen LogP contribution in [0.15, 0.2) is 77.8 Å². The number of nitrogens with one attached hydrogen (secondary N) is 1. The molecule has 0 aliphatic rings. The van der Waals surface area contributed by atoms with Crippen molar-refractivity contribution in [1.82, 2.24) is 15.1 Å². The molecular formula is C25H23FIN3O3S. The van der Waals surface area contributed by atoms with Crippen LogP contribution in [0.5, 0.6) is 5.75 Å². The summed E-state index contributed by atoms with van der Waals surface area (Å²) in [7, 11) is 0. The highest BCUT2D eigenvalue weighted by atomic mass is 127. The van der Waals surface area contributed by atoms with Crippen molar-refractivity contribution in [2.75, 3.05) is 12.9 Å². The molecule has 0 radical (unpaired) electrons. The first-order chi connectivity index (χ1) is 16.3. The zero-order valence-electron chi connectivity index (χ0n) is 18.5. The number of amides is 1. The summed E-state index contributed by atoms with van der Waals surface area (Å²) in [6, 6.07) is 19.3. The second-order valence-corrected chi connectivity index (χ2v) is 10.2. The highest BCUT2D eigenvalue weighted by Gasteiger charge is 2.39. The van der Waals surface area contributed by atoms with Gasteiger partial charge in [-0.15, -0.1) is 11.8 Å². The number of fused-ring (bicyclic) bond motifs is 1. The summed E-state index contributed by atoms with van der Waals surface area (Å²) in [4.78, 5) is 13.0. The zero-order valence-corrected chi connectivity index (χ0v) is 21.5. The quantitative estimate of drug-likeness (QED) is 0.171. The Hall–Kier alpha value is -2.63. The molecule has 176 valence electrons. The van der Waals surface area contributed by atoms with Gasteiger partial charge < -0.3 is 15.2 Å². The van der Waals surface area contributed by atoms with E-state index in [1.165, 1.54) is 12.1 Å². The van der Waals surface area contributed by atoms with Gasteiger partial charge in [0.25, 0.3) is 0 Å². The minimum atomic E-state index is -0.944. The molecule has 0 unspecified atom stereocenters. The Morgan fingerprint density at radius 1 is 1.21 bits per heavy atom. The van der Waals surface area contributed by atoms with Gasteiger partial charge in [-0.05, 0) is 90.4 Å². The monoisotopic (exact) mass is 591 g/mol. The number of aromatic nitrogens is 2. The van der Waals surface area contributed by atoms with E-state index in [-0.39, 0.29) is 5.82 Å². The van der Waals surface area contributed by atoms with E-state index in [0.29, 0.717) is 5.75 Å². The number of thioether (sulfide) groups is 1. The zero-order chi connectivity index (χ0) is 24.3. The molecule has 1 heterocycles. The van der Waals surface area contributed by atoms with Crippen LogP contribution in [0.1, 0.15) is 12.5 Å². The molecule has 0 spiro atoms. The molecule has 4 aromatic rings. The van der Waals surface area contributed by atoms with Crippen molar-refractivity contribution in [1.29, 1.82) is 0 Å². The Bertz CT molecular complexity index is 1300. The number of nitrogens with zero attached hydrogens (tertiary/aromatic N) is 2. The van der Waals surface area contributed by atoms with Gasteiger partial charge in [-0.3, -0.25) is 4.79 Å². The molecule has 0 saturated heterocycles. The third-order valence-electron chi connectivity index (χ3n) is 5.44. The molecule has 2 N–H and O–H groups in total. The van der Waals surface area contributed by atoms with Gasteiger partial charge in [-0.25, -0.2) is 9.07 Å². The molecule has 0 fully saturated rings. The summed E-state index contributed by atoms with van der Waals surface area (Å²) in [5, 5.41) is 17.3. The first-order valence-electron chi connectivity index (χ1n) is 10.5. The Morgan fingerprint density at radius 3 is 2.56 bits per heavy atom. The fourth-order valence-corrected chi connectivity index (χ4v) is 4.81. The van der Waals surface area contributed by atoms with Gasteiger partial charge in [0.1, 0.15) is 18.2 Å². The number of aliphatic hydroxyl groups is 1. The van der Waals surface area contributed by atoms with Gasteiger partial charge in [0.05, 0.1) is 23.4 Å². The predicted octanol–water partition coefficient (Wildman–Crippen LogP) is 5.05. The lowest BCUT2D eigenvalue weighted by Crippen LogP contribution is -2.49.